The average Bonchev–Trinajstić information content (AvgIpc) is 1.92. The zero-order valence-electron chi connectivity index (χ0n) is 5.41. The van der Waals surface area contributed by atoms with E-state index in [9.17, 15) is 0 Å². The number of nitrogens with two attached hydrogens (primary N) is 1. The van der Waals surface area contributed by atoms with Gasteiger partial charge in [0, 0.05) is 12.6 Å². The molecule has 0 amide bonds. The summed E-state index contributed by atoms with van der Waals surface area (Å²) in [7, 11) is 0. The van der Waals surface area contributed by atoms with Crippen molar-refractivity contribution in [3.63, 3.8) is 0 Å². The summed E-state index contributed by atoms with van der Waals surface area (Å²) in [5.41, 5.74) is 5.64. The van der Waals surface area contributed by atoms with Gasteiger partial charge in [-0.15, -0.1) is 5.10 Å². The highest BCUT2D eigenvalue weighted by molar-refractivity contribution is 6.40. The van der Waals surface area contributed by atoms with Crippen molar-refractivity contribution < 1.29 is 0 Å². The van der Waals surface area contributed by atoms with Crippen molar-refractivity contribution in [2.24, 2.45) is 15.9 Å². The Hall–Kier alpha value is -1.45. The average molecular weight is 136 g/mol. The van der Waals surface area contributed by atoms with Crippen LogP contribution in [0.5, 0.6) is 0 Å². The molecule has 0 aromatic heterocycles. The van der Waals surface area contributed by atoms with Crippen LogP contribution in [0.4, 0.5) is 0 Å². The lowest BCUT2D eigenvalue weighted by atomic mass is 10.2. The van der Waals surface area contributed by atoms with Gasteiger partial charge in [-0.25, -0.2) is 0 Å². The van der Waals surface area contributed by atoms with Crippen LogP contribution in [0.1, 0.15) is 6.42 Å². The topological polar surface area (TPSA) is 74.6 Å². The molecule has 0 aliphatic carbocycles. The normalized spacial score (nSPS) is 18.0. The number of nitrogens with zero attached hydrogens (tertiary/aromatic N) is 2. The van der Waals surface area contributed by atoms with Crippen molar-refractivity contribution >= 4 is 17.8 Å². The summed E-state index contributed by atoms with van der Waals surface area (Å²) >= 11 is 0. The molecule has 10 heavy (non-hydrogen) atoms. The fraction of sp³-hybridized carbons (Fsp3) is 0.167. The van der Waals surface area contributed by atoms with E-state index in [0.717, 1.165) is 0 Å². The number of amidine groups is 1. The van der Waals surface area contributed by atoms with Crippen LogP contribution >= 0.6 is 0 Å². The fourth-order valence-electron chi connectivity index (χ4n) is 0.546. The molecule has 4 heteroatoms. The predicted octanol–water partition coefficient (Wildman–Crippen LogP) is 0.309. The van der Waals surface area contributed by atoms with Crippen molar-refractivity contribution in [1.29, 1.82) is 5.41 Å². The molecule has 1 heterocycles. The largest absolute Gasteiger partial charge is 0.381 e. The van der Waals surface area contributed by atoms with Crippen LogP contribution < -0.4 is 5.73 Å². The summed E-state index contributed by atoms with van der Waals surface area (Å²) in [6.07, 6.45) is 5.62. The molecule has 0 aromatic rings. The standard InChI is InChI=1S/C6H8N4/c7-5-3-1-2-4-9-10-6(5)8/h1-2,4,7H,3H2,(H2,8,10). The van der Waals surface area contributed by atoms with Crippen LogP contribution in [0.2, 0.25) is 0 Å². The first kappa shape index (κ1) is 6.67. The second-order valence-electron chi connectivity index (χ2n) is 1.86. The highest BCUT2D eigenvalue weighted by atomic mass is 15.2. The third-order valence-electron chi connectivity index (χ3n) is 1.09. The molecule has 0 spiro atoms. The maximum atomic E-state index is 7.25. The van der Waals surface area contributed by atoms with Crippen molar-refractivity contribution in [1.82, 2.24) is 0 Å². The van der Waals surface area contributed by atoms with E-state index in [0.29, 0.717) is 12.1 Å². The highest BCUT2D eigenvalue weighted by Gasteiger charge is 1.99. The maximum Gasteiger partial charge on any atom is 0.167 e. The lowest BCUT2D eigenvalue weighted by Crippen LogP contribution is -2.22. The minimum absolute atomic E-state index is 0.195. The summed E-state index contributed by atoms with van der Waals surface area (Å²) in [6.45, 7) is 0. The third-order valence-corrected chi connectivity index (χ3v) is 1.09. The molecule has 0 saturated carbocycles. The van der Waals surface area contributed by atoms with Crippen LogP contribution in [-0.4, -0.2) is 17.8 Å². The van der Waals surface area contributed by atoms with E-state index in [1.54, 1.807) is 12.3 Å². The van der Waals surface area contributed by atoms with E-state index < -0.39 is 0 Å². The SMILES string of the molecule is N=C1CC=CC=NN=C1N. The quantitative estimate of drug-likeness (QED) is 0.494. The van der Waals surface area contributed by atoms with Gasteiger partial charge >= 0.3 is 0 Å². The molecule has 0 aromatic carbocycles. The number of allylic oxidation sites excluding steroid dienone is 2. The summed E-state index contributed by atoms with van der Waals surface area (Å²) in [6, 6.07) is 0. The van der Waals surface area contributed by atoms with E-state index in [1.807, 2.05) is 6.08 Å². The molecule has 1 aliphatic rings. The lowest BCUT2D eigenvalue weighted by Gasteiger charge is -1.97. The molecule has 1 rings (SSSR count). The molecular formula is C6H8N4. The zero-order chi connectivity index (χ0) is 7.40. The molecule has 0 atom stereocenters. The van der Waals surface area contributed by atoms with E-state index in [2.05, 4.69) is 10.2 Å². The zero-order valence-corrected chi connectivity index (χ0v) is 5.41. The molecule has 0 unspecified atom stereocenters. The Morgan fingerprint density at radius 2 is 2.40 bits per heavy atom. The van der Waals surface area contributed by atoms with Gasteiger partial charge in [-0.05, 0) is 6.08 Å². The van der Waals surface area contributed by atoms with Crippen molar-refractivity contribution in [2.45, 2.75) is 6.42 Å². The van der Waals surface area contributed by atoms with Crippen LogP contribution in [0.15, 0.2) is 22.4 Å². The molecule has 4 nitrogen and oxygen atoms in total. The number of nitrogens with one attached hydrogen (secondary N) is 1. The number of rotatable bonds is 0. The van der Waals surface area contributed by atoms with Crippen LogP contribution in [0, 0.1) is 5.41 Å². The highest BCUT2D eigenvalue weighted by Crippen LogP contribution is 1.90. The molecule has 0 bridgehead atoms. The molecule has 1 aliphatic heterocycles. The van der Waals surface area contributed by atoms with Crippen LogP contribution in [0.25, 0.3) is 0 Å². The minimum atomic E-state index is 0.195. The Kier molecular flexibility index (Phi) is 1.94. The molecule has 52 valence electrons. The monoisotopic (exact) mass is 136 g/mol. The Morgan fingerprint density at radius 1 is 1.60 bits per heavy atom. The van der Waals surface area contributed by atoms with Gasteiger partial charge < -0.3 is 11.1 Å². The van der Waals surface area contributed by atoms with Gasteiger partial charge in [0.1, 0.15) is 0 Å². The van der Waals surface area contributed by atoms with E-state index in [1.165, 1.54) is 0 Å². The van der Waals surface area contributed by atoms with Crippen molar-refractivity contribution in [3.05, 3.63) is 12.2 Å². The summed E-state index contributed by atoms with van der Waals surface area (Å²) in [5.74, 6) is 0.195. The smallest absolute Gasteiger partial charge is 0.167 e. The van der Waals surface area contributed by atoms with Crippen molar-refractivity contribution in [3.8, 4) is 0 Å². The number of hydrogen-bond acceptors (Lipinski definition) is 4. The van der Waals surface area contributed by atoms with Gasteiger partial charge in [0.2, 0.25) is 0 Å². The summed E-state index contributed by atoms with van der Waals surface area (Å²) in [5, 5.41) is 14.4. The van der Waals surface area contributed by atoms with Crippen molar-refractivity contribution in [2.75, 3.05) is 0 Å². The van der Waals surface area contributed by atoms with Gasteiger partial charge in [0.05, 0.1) is 5.71 Å². The van der Waals surface area contributed by atoms with Gasteiger partial charge in [-0.1, -0.05) is 6.08 Å². The third kappa shape index (κ3) is 1.51. The molecule has 0 fully saturated rings. The Bertz CT molecular complexity index is 224. The number of hydrogen-bond donors (Lipinski definition) is 2. The first-order chi connectivity index (χ1) is 4.80. The Morgan fingerprint density at radius 3 is 3.20 bits per heavy atom. The van der Waals surface area contributed by atoms with Gasteiger partial charge in [-0.3, -0.25) is 0 Å². The second-order valence-corrected chi connectivity index (χ2v) is 1.86. The lowest BCUT2D eigenvalue weighted by molar-refractivity contribution is 1.23. The summed E-state index contributed by atoms with van der Waals surface area (Å²) < 4.78 is 0. The minimum Gasteiger partial charge on any atom is -0.381 e. The summed E-state index contributed by atoms with van der Waals surface area (Å²) in [4.78, 5) is 0. The van der Waals surface area contributed by atoms with E-state index >= 15 is 0 Å². The fourth-order valence-corrected chi connectivity index (χ4v) is 0.546. The molecule has 3 N–H and O–H groups in total. The first-order valence-electron chi connectivity index (χ1n) is 2.90. The Balaban J connectivity index is 2.83. The van der Waals surface area contributed by atoms with E-state index in [4.69, 9.17) is 11.1 Å². The van der Waals surface area contributed by atoms with Crippen LogP contribution in [-0.2, 0) is 0 Å². The molecular weight excluding hydrogens is 128 g/mol. The van der Waals surface area contributed by atoms with E-state index in [-0.39, 0.29) is 5.84 Å². The maximum absolute atomic E-state index is 7.25. The molecule has 0 saturated heterocycles. The Labute approximate surface area is 58.7 Å². The van der Waals surface area contributed by atoms with Crippen LogP contribution in [0.3, 0.4) is 0 Å². The van der Waals surface area contributed by atoms with Gasteiger partial charge in [-0.2, -0.15) is 5.10 Å². The second kappa shape index (κ2) is 2.91. The molecule has 0 radical (unpaired) electrons. The predicted molar refractivity (Wildman–Crippen MR) is 41.6 cm³/mol. The van der Waals surface area contributed by atoms with Gasteiger partial charge in [0.25, 0.3) is 0 Å². The van der Waals surface area contributed by atoms with Gasteiger partial charge in [0.15, 0.2) is 5.84 Å². The first-order valence-corrected chi connectivity index (χ1v) is 2.90.